The molecule has 1 aliphatic carbocycles. The molecule has 0 amide bonds. The molecule has 1 radical (unpaired) electrons. The molecule has 1 heterocycles. The second-order valence-corrected chi connectivity index (χ2v) is 2.99. The van der Waals surface area contributed by atoms with Crippen molar-refractivity contribution in [2.24, 2.45) is 0 Å². The molecule has 2 rings (SSSR count). The van der Waals surface area contributed by atoms with Crippen LogP contribution in [0.4, 0.5) is 0 Å². The SMILES string of the molecule is [O]C1CC2(CCN2)C1. The summed E-state index contributed by atoms with van der Waals surface area (Å²) in [4.78, 5) is 0. The highest BCUT2D eigenvalue weighted by Crippen LogP contribution is 2.39. The van der Waals surface area contributed by atoms with Crippen molar-refractivity contribution in [3.8, 4) is 0 Å². The van der Waals surface area contributed by atoms with E-state index in [1.807, 2.05) is 0 Å². The Kier molecular flexibility index (Phi) is 0.746. The highest BCUT2D eigenvalue weighted by Gasteiger charge is 2.48. The molecular formula is C6H10NO. The van der Waals surface area contributed by atoms with Crippen LogP contribution in [0.3, 0.4) is 0 Å². The Morgan fingerprint density at radius 1 is 1.50 bits per heavy atom. The molecule has 45 valence electrons. The molecule has 0 bridgehead atoms. The predicted molar refractivity (Wildman–Crippen MR) is 29.1 cm³/mol. The molecule has 0 atom stereocenters. The topological polar surface area (TPSA) is 31.9 Å². The number of nitrogens with one attached hydrogen (secondary N) is 1. The third-order valence-corrected chi connectivity index (χ3v) is 2.34. The lowest BCUT2D eigenvalue weighted by Gasteiger charge is -2.52. The molecule has 1 saturated carbocycles. The van der Waals surface area contributed by atoms with Gasteiger partial charge in [-0.25, -0.2) is 5.11 Å². The molecule has 0 unspecified atom stereocenters. The van der Waals surface area contributed by atoms with Gasteiger partial charge in [-0.15, -0.1) is 0 Å². The van der Waals surface area contributed by atoms with E-state index in [4.69, 9.17) is 0 Å². The normalized spacial score (nSPS) is 52.9. The minimum Gasteiger partial charge on any atom is -0.311 e. The largest absolute Gasteiger partial charge is 0.311 e. The van der Waals surface area contributed by atoms with E-state index in [0.717, 1.165) is 19.4 Å². The van der Waals surface area contributed by atoms with Crippen LogP contribution in [0, 0.1) is 0 Å². The molecule has 1 N–H and O–H groups in total. The van der Waals surface area contributed by atoms with Gasteiger partial charge in [0, 0.05) is 5.54 Å². The number of rotatable bonds is 0. The molecule has 2 aliphatic rings. The first-order valence-electron chi connectivity index (χ1n) is 3.22. The Morgan fingerprint density at radius 2 is 2.12 bits per heavy atom. The second-order valence-electron chi connectivity index (χ2n) is 2.99. The Balaban J connectivity index is 1.92. The zero-order chi connectivity index (χ0) is 5.61. The summed E-state index contributed by atoms with van der Waals surface area (Å²) in [6.45, 7) is 1.13. The van der Waals surface area contributed by atoms with Crippen LogP contribution in [-0.2, 0) is 5.11 Å². The van der Waals surface area contributed by atoms with Gasteiger partial charge < -0.3 is 5.32 Å². The zero-order valence-corrected chi connectivity index (χ0v) is 4.81. The number of hydrogen-bond donors (Lipinski definition) is 1. The number of hydrogen-bond acceptors (Lipinski definition) is 1. The van der Waals surface area contributed by atoms with E-state index < -0.39 is 0 Å². The van der Waals surface area contributed by atoms with Crippen molar-refractivity contribution in [1.29, 1.82) is 0 Å². The van der Waals surface area contributed by atoms with E-state index in [-0.39, 0.29) is 6.10 Å². The molecule has 0 aromatic rings. The summed E-state index contributed by atoms with van der Waals surface area (Å²) in [5.74, 6) is 0. The van der Waals surface area contributed by atoms with Crippen molar-refractivity contribution in [3.05, 3.63) is 0 Å². The first-order valence-corrected chi connectivity index (χ1v) is 3.22. The molecule has 1 aliphatic heterocycles. The van der Waals surface area contributed by atoms with E-state index >= 15 is 0 Å². The van der Waals surface area contributed by atoms with Gasteiger partial charge >= 0.3 is 0 Å². The average molecular weight is 112 g/mol. The fourth-order valence-corrected chi connectivity index (χ4v) is 1.64. The molecule has 1 spiro atoms. The molecule has 2 fully saturated rings. The molecule has 0 aromatic heterocycles. The lowest BCUT2D eigenvalue weighted by atomic mass is 9.68. The summed E-state index contributed by atoms with van der Waals surface area (Å²) in [5.41, 5.74) is 0.354. The quantitative estimate of drug-likeness (QED) is 0.480. The maximum absolute atomic E-state index is 10.6. The van der Waals surface area contributed by atoms with Gasteiger partial charge in [0.2, 0.25) is 0 Å². The van der Waals surface area contributed by atoms with Crippen molar-refractivity contribution in [3.63, 3.8) is 0 Å². The van der Waals surface area contributed by atoms with Crippen LogP contribution in [0.1, 0.15) is 19.3 Å². The van der Waals surface area contributed by atoms with E-state index in [0.29, 0.717) is 5.54 Å². The first-order chi connectivity index (χ1) is 3.81. The standard InChI is InChI=1S/C6H10NO/c8-5-3-6(4-5)1-2-7-6/h5,7H,1-4H2. The fourth-order valence-electron chi connectivity index (χ4n) is 1.64. The maximum Gasteiger partial charge on any atom is 0.0965 e. The van der Waals surface area contributed by atoms with Gasteiger partial charge in [-0.3, -0.25) is 0 Å². The lowest BCUT2D eigenvalue weighted by molar-refractivity contribution is -0.0718. The summed E-state index contributed by atoms with van der Waals surface area (Å²) in [5, 5.41) is 13.8. The lowest BCUT2D eigenvalue weighted by Crippen LogP contribution is -2.65. The smallest absolute Gasteiger partial charge is 0.0965 e. The first kappa shape index (κ1) is 4.77. The van der Waals surface area contributed by atoms with Gasteiger partial charge in [0.1, 0.15) is 0 Å². The Morgan fingerprint density at radius 3 is 2.25 bits per heavy atom. The zero-order valence-electron chi connectivity index (χ0n) is 4.81. The van der Waals surface area contributed by atoms with Crippen molar-refractivity contribution in [1.82, 2.24) is 5.32 Å². The van der Waals surface area contributed by atoms with Crippen LogP contribution in [-0.4, -0.2) is 18.2 Å². The van der Waals surface area contributed by atoms with E-state index in [1.165, 1.54) is 6.42 Å². The summed E-state index contributed by atoms with van der Waals surface area (Å²) >= 11 is 0. The molecule has 2 nitrogen and oxygen atoms in total. The Bertz CT molecular complexity index is 101. The molecular weight excluding hydrogens is 102 g/mol. The monoisotopic (exact) mass is 112 g/mol. The van der Waals surface area contributed by atoms with Crippen molar-refractivity contribution >= 4 is 0 Å². The molecule has 1 saturated heterocycles. The van der Waals surface area contributed by atoms with Gasteiger partial charge in [0.25, 0.3) is 0 Å². The van der Waals surface area contributed by atoms with Crippen LogP contribution in [0.15, 0.2) is 0 Å². The van der Waals surface area contributed by atoms with Gasteiger partial charge in [-0.2, -0.15) is 0 Å². The average Bonchev–Trinajstić information content (AvgIpc) is 1.51. The van der Waals surface area contributed by atoms with E-state index in [1.54, 1.807) is 0 Å². The molecule has 2 heteroatoms. The van der Waals surface area contributed by atoms with Crippen molar-refractivity contribution in [2.75, 3.05) is 6.54 Å². The summed E-state index contributed by atoms with van der Waals surface area (Å²) in [7, 11) is 0. The third kappa shape index (κ3) is 0.446. The maximum atomic E-state index is 10.6. The summed E-state index contributed by atoms with van der Waals surface area (Å²) in [6, 6.07) is 0. The van der Waals surface area contributed by atoms with Gasteiger partial charge in [0.15, 0.2) is 0 Å². The minimum absolute atomic E-state index is 0.247. The Labute approximate surface area is 48.9 Å². The summed E-state index contributed by atoms with van der Waals surface area (Å²) in [6.07, 6.45) is 2.76. The van der Waals surface area contributed by atoms with Crippen molar-refractivity contribution < 1.29 is 5.11 Å². The van der Waals surface area contributed by atoms with Gasteiger partial charge in [0.05, 0.1) is 6.10 Å². The predicted octanol–water partition coefficient (Wildman–Crippen LogP) is 0.311. The highest BCUT2D eigenvalue weighted by molar-refractivity contribution is 5.06. The van der Waals surface area contributed by atoms with Crippen LogP contribution in [0.5, 0.6) is 0 Å². The Hall–Kier alpha value is -0.0800. The highest BCUT2D eigenvalue weighted by atomic mass is 16.3. The van der Waals surface area contributed by atoms with Gasteiger partial charge in [-0.1, -0.05) is 0 Å². The van der Waals surface area contributed by atoms with Crippen LogP contribution >= 0.6 is 0 Å². The van der Waals surface area contributed by atoms with Crippen molar-refractivity contribution in [2.45, 2.75) is 30.9 Å². The van der Waals surface area contributed by atoms with Crippen LogP contribution in [0.25, 0.3) is 0 Å². The fraction of sp³-hybridized carbons (Fsp3) is 1.00. The van der Waals surface area contributed by atoms with Crippen LogP contribution < -0.4 is 5.32 Å². The molecule has 0 aromatic carbocycles. The molecule has 8 heavy (non-hydrogen) atoms. The van der Waals surface area contributed by atoms with E-state index in [2.05, 4.69) is 5.32 Å². The summed E-state index contributed by atoms with van der Waals surface area (Å²) < 4.78 is 0. The van der Waals surface area contributed by atoms with Gasteiger partial charge in [-0.05, 0) is 25.8 Å². The van der Waals surface area contributed by atoms with E-state index in [9.17, 15) is 5.11 Å². The van der Waals surface area contributed by atoms with Crippen LogP contribution in [0.2, 0.25) is 0 Å². The second kappa shape index (κ2) is 1.25. The third-order valence-electron chi connectivity index (χ3n) is 2.34. The minimum atomic E-state index is -0.247.